The van der Waals surface area contributed by atoms with Crippen molar-refractivity contribution >= 4 is 40.9 Å². The van der Waals surface area contributed by atoms with Crippen LogP contribution in [0.15, 0.2) is 51.5 Å². The van der Waals surface area contributed by atoms with Gasteiger partial charge in [-0.15, -0.1) is 16.4 Å². The summed E-state index contributed by atoms with van der Waals surface area (Å²) >= 11 is 1.39. The first kappa shape index (κ1) is 19.9. The lowest BCUT2D eigenvalue weighted by Crippen LogP contribution is -2.19. The summed E-state index contributed by atoms with van der Waals surface area (Å²) in [6.45, 7) is 1.43. The molecule has 4 rings (SSSR count). The van der Waals surface area contributed by atoms with Crippen LogP contribution in [0.2, 0.25) is 0 Å². The quantitative estimate of drug-likeness (QED) is 0.302. The minimum Gasteiger partial charge on any atom is -0.378 e. The number of aromatic nitrogens is 5. The van der Waals surface area contributed by atoms with E-state index in [1.807, 2.05) is 11.4 Å². The lowest BCUT2D eigenvalue weighted by Gasteiger charge is -2.03. The van der Waals surface area contributed by atoms with E-state index in [1.54, 1.807) is 30.3 Å². The summed E-state index contributed by atoms with van der Waals surface area (Å²) in [5, 5.41) is 23.7. The van der Waals surface area contributed by atoms with Gasteiger partial charge in [-0.3, -0.25) is 9.59 Å². The van der Waals surface area contributed by atoms with Crippen LogP contribution in [0.5, 0.6) is 0 Å². The normalized spacial score (nSPS) is 11.0. The van der Waals surface area contributed by atoms with Crippen molar-refractivity contribution in [3.8, 4) is 16.4 Å². The van der Waals surface area contributed by atoms with Crippen LogP contribution in [0.4, 0.5) is 11.5 Å². The van der Waals surface area contributed by atoms with E-state index >= 15 is 0 Å². The number of nitrogens with one attached hydrogen (secondary N) is 2. The molecule has 13 heteroatoms. The first-order chi connectivity index (χ1) is 15.0. The molecule has 0 aliphatic rings. The zero-order chi connectivity index (χ0) is 21.8. The molecule has 0 radical (unpaired) electrons. The highest BCUT2D eigenvalue weighted by atomic mass is 32.1. The zero-order valence-corrected chi connectivity index (χ0v) is 16.8. The molecule has 0 bridgehead atoms. The molecule has 3 aromatic heterocycles. The molecule has 0 fully saturated rings. The molecular formula is C18H15N9O3S. The Labute approximate surface area is 178 Å². The Balaban J connectivity index is 1.55. The smallest absolute Gasteiger partial charge is 0.294 e. The molecule has 1 aromatic carbocycles. The molecule has 4 N–H and O–H groups in total. The number of carbonyl (C=O) groups excluding carboxylic acids is 2. The van der Waals surface area contributed by atoms with Crippen LogP contribution in [0.1, 0.15) is 23.0 Å². The summed E-state index contributed by atoms with van der Waals surface area (Å²) in [5.41, 5.74) is 9.98. The van der Waals surface area contributed by atoms with Gasteiger partial charge in [0.15, 0.2) is 5.69 Å². The van der Waals surface area contributed by atoms with Crippen LogP contribution in [0.3, 0.4) is 0 Å². The topological polar surface area (TPSA) is 166 Å². The van der Waals surface area contributed by atoms with Gasteiger partial charge in [-0.1, -0.05) is 23.4 Å². The van der Waals surface area contributed by atoms with Gasteiger partial charge in [-0.25, -0.2) is 10.1 Å². The summed E-state index contributed by atoms with van der Waals surface area (Å²) < 4.78 is 5.92. The number of carbonyl (C=O) groups is 2. The lowest BCUT2D eigenvalue weighted by molar-refractivity contribution is -0.114. The van der Waals surface area contributed by atoms with Crippen molar-refractivity contribution in [2.24, 2.45) is 5.10 Å². The van der Waals surface area contributed by atoms with Gasteiger partial charge in [0.1, 0.15) is 5.69 Å². The Morgan fingerprint density at radius 1 is 1.23 bits per heavy atom. The van der Waals surface area contributed by atoms with E-state index in [0.717, 1.165) is 10.4 Å². The average Bonchev–Trinajstić information content (AvgIpc) is 3.48. The third kappa shape index (κ3) is 4.30. The van der Waals surface area contributed by atoms with E-state index in [1.165, 1.54) is 29.2 Å². The second kappa shape index (κ2) is 8.54. The molecule has 0 aliphatic heterocycles. The van der Waals surface area contributed by atoms with Crippen molar-refractivity contribution < 1.29 is 14.2 Å². The molecule has 0 saturated carbocycles. The Morgan fingerprint density at radius 3 is 2.68 bits per heavy atom. The number of anilines is 2. The minimum atomic E-state index is -0.573. The molecule has 0 atom stereocenters. The molecule has 2 amide bonds. The number of benzene rings is 1. The molecule has 3 heterocycles. The number of nitrogens with two attached hydrogens (primary N) is 1. The largest absolute Gasteiger partial charge is 0.378 e. The second-order valence-electron chi connectivity index (χ2n) is 6.15. The van der Waals surface area contributed by atoms with Crippen LogP contribution in [-0.2, 0) is 4.79 Å². The SMILES string of the molecule is CC(=O)Nc1ccc(C=NNC(=O)c2nnn(-c3nonc3N)c2-c2cccs2)cc1. The van der Waals surface area contributed by atoms with Gasteiger partial charge in [0, 0.05) is 12.6 Å². The summed E-state index contributed by atoms with van der Waals surface area (Å²) in [6, 6.07) is 10.6. The molecule has 0 aliphatic carbocycles. The number of hydrogen-bond acceptors (Lipinski definition) is 10. The van der Waals surface area contributed by atoms with Gasteiger partial charge >= 0.3 is 0 Å². The molecule has 0 unspecified atom stereocenters. The second-order valence-corrected chi connectivity index (χ2v) is 7.10. The first-order valence-electron chi connectivity index (χ1n) is 8.82. The Kier molecular flexibility index (Phi) is 5.49. The minimum absolute atomic E-state index is 0.00962. The summed E-state index contributed by atoms with van der Waals surface area (Å²) in [6.07, 6.45) is 1.46. The maximum absolute atomic E-state index is 12.7. The van der Waals surface area contributed by atoms with E-state index in [0.29, 0.717) is 11.4 Å². The Morgan fingerprint density at radius 2 is 2.03 bits per heavy atom. The third-order valence-corrected chi connectivity index (χ3v) is 4.82. The monoisotopic (exact) mass is 437 g/mol. The maximum atomic E-state index is 12.7. The predicted octanol–water partition coefficient (Wildman–Crippen LogP) is 1.68. The molecule has 12 nitrogen and oxygen atoms in total. The first-order valence-corrected chi connectivity index (χ1v) is 9.70. The van der Waals surface area contributed by atoms with Crippen molar-refractivity contribution in [2.75, 3.05) is 11.1 Å². The number of nitrogens with zero attached hydrogens (tertiary/aromatic N) is 6. The Bertz CT molecular complexity index is 1240. The number of thiophene rings is 1. The molecular weight excluding hydrogens is 422 g/mol. The van der Waals surface area contributed by atoms with Crippen LogP contribution in [0.25, 0.3) is 16.4 Å². The molecule has 31 heavy (non-hydrogen) atoms. The number of hydrogen-bond donors (Lipinski definition) is 3. The molecule has 156 valence electrons. The van der Waals surface area contributed by atoms with Crippen LogP contribution >= 0.6 is 11.3 Å². The van der Waals surface area contributed by atoms with Crippen molar-refractivity contribution in [2.45, 2.75) is 6.92 Å². The summed E-state index contributed by atoms with van der Waals surface area (Å²) in [7, 11) is 0. The van der Waals surface area contributed by atoms with E-state index in [2.05, 4.69) is 41.1 Å². The van der Waals surface area contributed by atoms with E-state index in [4.69, 9.17) is 5.73 Å². The van der Waals surface area contributed by atoms with Crippen molar-refractivity contribution in [1.82, 2.24) is 30.7 Å². The van der Waals surface area contributed by atoms with E-state index in [-0.39, 0.29) is 23.2 Å². The van der Waals surface area contributed by atoms with Crippen molar-refractivity contribution in [3.63, 3.8) is 0 Å². The fraction of sp³-hybridized carbons (Fsp3) is 0.0556. The van der Waals surface area contributed by atoms with Gasteiger partial charge in [0.25, 0.3) is 5.91 Å². The van der Waals surface area contributed by atoms with Crippen LogP contribution < -0.4 is 16.5 Å². The summed E-state index contributed by atoms with van der Waals surface area (Å²) in [5.74, 6) is -0.602. The zero-order valence-electron chi connectivity index (χ0n) is 16.0. The van der Waals surface area contributed by atoms with Gasteiger partial charge in [0.2, 0.25) is 17.5 Å². The van der Waals surface area contributed by atoms with Gasteiger partial charge in [-0.2, -0.15) is 9.78 Å². The molecule has 0 saturated heterocycles. The maximum Gasteiger partial charge on any atom is 0.294 e. The fourth-order valence-corrected chi connectivity index (χ4v) is 3.39. The number of rotatable bonds is 6. The van der Waals surface area contributed by atoms with E-state index < -0.39 is 5.91 Å². The van der Waals surface area contributed by atoms with Crippen molar-refractivity contribution in [3.05, 3.63) is 53.0 Å². The van der Waals surface area contributed by atoms with Gasteiger partial charge in [-0.05, 0) is 39.5 Å². The number of amides is 2. The highest BCUT2D eigenvalue weighted by Gasteiger charge is 2.25. The standard InChI is InChI=1S/C18H15N9O3S/c1-10(28)21-12-6-4-11(5-7-12)9-20-23-18(29)14-15(13-3-2-8-31-13)27(26-22-14)17-16(19)24-30-25-17/h2-9H,1H3,(H2,19,24)(H,21,28)(H,23,29). The van der Waals surface area contributed by atoms with Gasteiger partial charge < -0.3 is 11.1 Å². The lowest BCUT2D eigenvalue weighted by atomic mass is 10.2. The predicted molar refractivity (Wildman–Crippen MR) is 113 cm³/mol. The molecule has 0 spiro atoms. The van der Waals surface area contributed by atoms with Gasteiger partial charge in [0.05, 0.1) is 11.1 Å². The fourth-order valence-electron chi connectivity index (χ4n) is 2.63. The summed E-state index contributed by atoms with van der Waals surface area (Å²) in [4.78, 5) is 24.5. The van der Waals surface area contributed by atoms with Crippen molar-refractivity contribution in [1.29, 1.82) is 0 Å². The van der Waals surface area contributed by atoms with Crippen LogP contribution in [0, 0.1) is 0 Å². The Hall–Kier alpha value is -4.39. The number of nitrogen functional groups attached to an aromatic ring is 1. The van der Waals surface area contributed by atoms with E-state index in [9.17, 15) is 9.59 Å². The highest BCUT2D eigenvalue weighted by Crippen LogP contribution is 2.29. The average molecular weight is 437 g/mol. The number of hydrazone groups is 1. The third-order valence-electron chi connectivity index (χ3n) is 3.95. The van der Waals surface area contributed by atoms with Crippen LogP contribution in [-0.4, -0.2) is 43.3 Å². The highest BCUT2D eigenvalue weighted by molar-refractivity contribution is 7.13. The molecule has 4 aromatic rings.